The summed E-state index contributed by atoms with van der Waals surface area (Å²) in [7, 11) is 0. The molecule has 31 heavy (non-hydrogen) atoms. The van der Waals surface area contributed by atoms with Crippen LogP contribution in [0.3, 0.4) is 0 Å². The maximum atomic E-state index is 12.9. The van der Waals surface area contributed by atoms with Crippen LogP contribution in [0.1, 0.15) is 33.6 Å². The van der Waals surface area contributed by atoms with Crippen LogP contribution in [-0.4, -0.2) is 29.5 Å². The van der Waals surface area contributed by atoms with Gasteiger partial charge in [0.2, 0.25) is 0 Å². The van der Waals surface area contributed by atoms with Crippen molar-refractivity contribution in [1.29, 1.82) is 0 Å². The summed E-state index contributed by atoms with van der Waals surface area (Å²) < 4.78 is 5.17. The number of nitrogens with two attached hydrogens (primary N) is 1. The Kier molecular flexibility index (Phi) is 5.68. The van der Waals surface area contributed by atoms with E-state index in [0.717, 1.165) is 22.4 Å². The quantitative estimate of drug-likeness (QED) is 0.606. The highest BCUT2D eigenvalue weighted by atomic mass is 35.5. The third kappa shape index (κ3) is 4.41. The number of hydrogen-bond acceptors (Lipinski definition) is 5. The van der Waals surface area contributed by atoms with Crippen molar-refractivity contribution in [2.75, 3.05) is 6.61 Å². The van der Waals surface area contributed by atoms with Gasteiger partial charge in [-0.25, -0.2) is 14.6 Å². The highest BCUT2D eigenvalue weighted by Crippen LogP contribution is 2.37. The molecule has 3 amide bonds. The molecule has 2 aromatic carbocycles. The van der Waals surface area contributed by atoms with Crippen molar-refractivity contribution < 1.29 is 19.1 Å². The molecule has 0 spiro atoms. The van der Waals surface area contributed by atoms with Crippen molar-refractivity contribution in [3.05, 3.63) is 75.9 Å². The number of imide groups is 1. The van der Waals surface area contributed by atoms with E-state index in [4.69, 9.17) is 27.1 Å². The lowest BCUT2D eigenvalue weighted by atomic mass is 10.0. The number of ether oxygens (including phenoxy) is 1. The number of carbonyl (C=O) groups excluding carboxylic acids is 3. The number of nitrogens with zero attached hydrogens (tertiary/aromatic N) is 1. The van der Waals surface area contributed by atoms with Gasteiger partial charge < -0.3 is 10.5 Å². The molecule has 3 N–H and O–H groups in total. The number of nitrogens with one attached hydrogen (secondary N) is 1. The number of fused-ring (bicyclic) bond motifs is 2. The minimum atomic E-state index is -1.01. The number of carbonyl (C=O) groups is 3. The van der Waals surface area contributed by atoms with Crippen molar-refractivity contribution in [1.82, 2.24) is 10.3 Å². The highest BCUT2D eigenvalue weighted by Gasteiger charge is 2.28. The fraction of sp³-hybridized carbons (Fsp3) is 0.130. The Balaban J connectivity index is 1.73. The Hall–Kier alpha value is -3.71. The summed E-state index contributed by atoms with van der Waals surface area (Å²) in [6, 6.07) is 13.7. The van der Waals surface area contributed by atoms with E-state index in [9.17, 15) is 14.4 Å². The number of esters is 1. The zero-order valence-electron chi connectivity index (χ0n) is 16.4. The van der Waals surface area contributed by atoms with Gasteiger partial charge in [-0.2, -0.15) is 0 Å². The summed E-state index contributed by atoms with van der Waals surface area (Å²) in [5.41, 5.74) is 9.45. The van der Waals surface area contributed by atoms with E-state index in [1.165, 1.54) is 0 Å². The topological polar surface area (TPSA) is 111 Å². The predicted molar refractivity (Wildman–Crippen MR) is 117 cm³/mol. The highest BCUT2D eigenvalue weighted by molar-refractivity contribution is 6.30. The summed E-state index contributed by atoms with van der Waals surface area (Å²) in [6.07, 6.45) is 3.35. The largest absolute Gasteiger partial charge is 0.452 e. The monoisotopic (exact) mass is 435 g/mol. The average Bonchev–Trinajstić information content (AvgIpc) is 3.13. The molecule has 1 aliphatic rings. The molecule has 0 unspecified atom stereocenters. The van der Waals surface area contributed by atoms with E-state index in [0.29, 0.717) is 34.3 Å². The van der Waals surface area contributed by atoms with E-state index >= 15 is 0 Å². The molecule has 4 rings (SSSR count). The minimum absolute atomic E-state index is 0.381. The Morgan fingerprint density at radius 3 is 2.58 bits per heavy atom. The van der Waals surface area contributed by atoms with Crippen molar-refractivity contribution >= 4 is 52.1 Å². The Morgan fingerprint density at radius 1 is 1.10 bits per heavy atom. The second-order valence-electron chi connectivity index (χ2n) is 7.04. The van der Waals surface area contributed by atoms with Crippen LogP contribution in [0.4, 0.5) is 4.79 Å². The van der Waals surface area contributed by atoms with Crippen molar-refractivity contribution in [2.24, 2.45) is 5.73 Å². The number of allylic oxidation sites excluding steroid dienone is 1. The molecule has 1 aromatic heterocycles. The third-order valence-electron chi connectivity index (χ3n) is 4.95. The number of halogens is 1. The van der Waals surface area contributed by atoms with Gasteiger partial charge >= 0.3 is 12.0 Å². The number of rotatable bonds is 4. The van der Waals surface area contributed by atoms with E-state index in [2.05, 4.69) is 0 Å². The molecule has 1 heterocycles. The van der Waals surface area contributed by atoms with Crippen LogP contribution < -0.4 is 11.1 Å². The first kappa shape index (κ1) is 20.6. The molecule has 8 heteroatoms. The van der Waals surface area contributed by atoms with E-state index in [-0.39, 0.29) is 0 Å². The number of aromatic nitrogens is 1. The number of pyridine rings is 1. The summed E-state index contributed by atoms with van der Waals surface area (Å²) in [6.45, 7) is -0.610. The molecule has 0 bridgehead atoms. The fourth-order valence-corrected chi connectivity index (χ4v) is 3.78. The number of primary amides is 1. The maximum absolute atomic E-state index is 12.9. The lowest BCUT2D eigenvalue weighted by Crippen LogP contribution is -2.37. The first-order valence-electron chi connectivity index (χ1n) is 9.57. The van der Waals surface area contributed by atoms with E-state index in [1.807, 2.05) is 53.9 Å². The summed E-state index contributed by atoms with van der Waals surface area (Å²) in [4.78, 5) is 40.1. The van der Waals surface area contributed by atoms with Crippen LogP contribution >= 0.6 is 11.6 Å². The van der Waals surface area contributed by atoms with Crippen molar-refractivity contribution in [3.8, 4) is 0 Å². The molecule has 156 valence electrons. The van der Waals surface area contributed by atoms with Crippen molar-refractivity contribution in [3.63, 3.8) is 0 Å². The lowest BCUT2D eigenvalue weighted by Gasteiger charge is -2.12. The second kappa shape index (κ2) is 8.57. The molecule has 0 radical (unpaired) electrons. The zero-order chi connectivity index (χ0) is 22.0. The van der Waals surface area contributed by atoms with Crippen molar-refractivity contribution in [2.45, 2.75) is 12.8 Å². The first-order valence-corrected chi connectivity index (χ1v) is 9.94. The molecule has 7 nitrogen and oxygen atoms in total. The standard InChI is InChI=1S/C23H18ClN3O4/c24-15-8-5-13(6-9-15)11-14-7-10-17-20(22(29)31-12-19(28)27-23(25)30)16-3-1-2-4-18(16)26-21(14)17/h1-6,8-9,11H,7,10,12H2,(H3,25,27,28,30)/b14-11+. The minimum Gasteiger partial charge on any atom is -0.452 e. The number of amides is 3. The van der Waals surface area contributed by atoms with Gasteiger partial charge in [-0.15, -0.1) is 0 Å². The van der Waals surface area contributed by atoms with E-state index < -0.39 is 24.5 Å². The Morgan fingerprint density at radius 2 is 1.84 bits per heavy atom. The van der Waals surface area contributed by atoms with Crippen LogP contribution in [0.2, 0.25) is 5.02 Å². The van der Waals surface area contributed by atoms with Gasteiger partial charge in [0.05, 0.1) is 16.8 Å². The Bertz CT molecular complexity index is 1240. The summed E-state index contributed by atoms with van der Waals surface area (Å²) in [5.74, 6) is -1.44. The molecule has 0 aliphatic heterocycles. The van der Waals surface area contributed by atoms with Gasteiger partial charge in [-0.1, -0.05) is 41.9 Å². The molecule has 3 aromatic rings. The molecule has 1 aliphatic carbocycles. The number of para-hydroxylation sites is 1. The molecule has 0 fully saturated rings. The molecular weight excluding hydrogens is 418 g/mol. The smallest absolute Gasteiger partial charge is 0.339 e. The second-order valence-corrected chi connectivity index (χ2v) is 7.48. The van der Waals surface area contributed by atoms with Crippen LogP contribution in [-0.2, 0) is 16.0 Å². The van der Waals surface area contributed by atoms with E-state index in [1.54, 1.807) is 6.07 Å². The molecule has 0 saturated carbocycles. The first-order chi connectivity index (χ1) is 14.9. The van der Waals surface area contributed by atoms with Gasteiger partial charge in [0.25, 0.3) is 5.91 Å². The predicted octanol–water partition coefficient (Wildman–Crippen LogP) is 3.73. The Labute approximate surface area is 182 Å². The lowest BCUT2D eigenvalue weighted by molar-refractivity contribution is -0.123. The fourth-order valence-electron chi connectivity index (χ4n) is 3.65. The molecule has 0 atom stereocenters. The van der Waals surface area contributed by atoms with Gasteiger partial charge in [0, 0.05) is 10.4 Å². The normalized spacial score (nSPS) is 13.8. The van der Waals surface area contributed by atoms with Gasteiger partial charge in [-0.3, -0.25) is 10.1 Å². The van der Waals surface area contributed by atoms with Crippen LogP contribution in [0.5, 0.6) is 0 Å². The number of hydrogen-bond donors (Lipinski definition) is 2. The average molecular weight is 436 g/mol. The van der Waals surface area contributed by atoms with Crippen LogP contribution in [0, 0.1) is 0 Å². The maximum Gasteiger partial charge on any atom is 0.339 e. The van der Waals surface area contributed by atoms with Gasteiger partial charge in [-0.05, 0) is 53.8 Å². The van der Waals surface area contributed by atoms with Crippen LogP contribution in [0.15, 0.2) is 48.5 Å². The van der Waals surface area contributed by atoms with Crippen LogP contribution in [0.25, 0.3) is 22.6 Å². The zero-order valence-corrected chi connectivity index (χ0v) is 17.1. The summed E-state index contributed by atoms with van der Waals surface area (Å²) in [5, 5.41) is 3.17. The van der Waals surface area contributed by atoms with Gasteiger partial charge in [0.15, 0.2) is 6.61 Å². The summed E-state index contributed by atoms with van der Waals surface area (Å²) >= 11 is 5.97. The molecular formula is C23H18ClN3O4. The number of benzene rings is 2. The molecule has 0 saturated heterocycles. The van der Waals surface area contributed by atoms with Gasteiger partial charge in [0.1, 0.15) is 0 Å². The number of urea groups is 1. The third-order valence-corrected chi connectivity index (χ3v) is 5.21. The SMILES string of the molecule is NC(=O)NC(=O)COC(=O)c1c2c(nc3ccccc13)/C(=C/c1ccc(Cl)cc1)CC2.